The van der Waals surface area contributed by atoms with E-state index in [1.807, 2.05) is 30.3 Å². The van der Waals surface area contributed by atoms with Crippen LogP contribution in [0.4, 0.5) is 10.5 Å². The lowest BCUT2D eigenvalue weighted by Gasteiger charge is -2.14. The Morgan fingerprint density at radius 2 is 1.95 bits per heavy atom. The summed E-state index contributed by atoms with van der Waals surface area (Å²) in [5.41, 5.74) is 1.97. The van der Waals surface area contributed by atoms with Gasteiger partial charge < -0.3 is 10.6 Å². The molecule has 21 heavy (non-hydrogen) atoms. The molecule has 0 radical (unpaired) electrons. The van der Waals surface area contributed by atoms with Crippen molar-refractivity contribution in [3.8, 4) is 0 Å². The summed E-state index contributed by atoms with van der Waals surface area (Å²) in [5, 5.41) is 8.79. The van der Waals surface area contributed by atoms with Gasteiger partial charge in [0.25, 0.3) is 0 Å². The fourth-order valence-electron chi connectivity index (χ4n) is 1.75. The van der Waals surface area contributed by atoms with Crippen LogP contribution in [0.25, 0.3) is 0 Å². The molecule has 0 spiro atoms. The van der Waals surface area contributed by atoms with Gasteiger partial charge in [0.2, 0.25) is 0 Å². The number of carbonyl (C=O) groups is 1. The SMILES string of the molecule is CC(C)(C)c1csc(CCNC(=O)Nc2ccccc2)n1. The minimum Gasteiger partial charge on any atom is -0.337 e. The van der Waals surface area contributed by atoms with E-state index in [4.69, 9.17) is 0 Å². The van der Waals surface area contributed by atoms with E-state index in [0.29, 0.717) is 6.54 Å². The number of nitrogens with zero attached hydrogens (tertiary/aromatic N) is 1. The molecule has 2 rings (SSSR count). The molecule has 0 atom stereocenters. The third-order valence-corrected chi connectivity index (χ3v) is 3.88. The average Bonchev–Trinajstić information content (AvgIpc) is 2.88. The average molecular weight is 303 g/mol. The molecule has 2 amide bonds. The van der Waals surface area contributed by atoms with E-state index in [2.05, 4.69) is 41.8 Å². The largest absolute Gasteiger partial charge is 0.337 e. The Balaban J connectivity index is 1.77. The fourth-order valence-corrected chi connectivity index (χ4v) is 2.77. The van der Waals surface area contributed by atoms with Crippen molar-refractivity contribution in [1.29, 1.82) is 0 Å². The summed E-state index contributed by atoms with van der Waals surface area (Å²) in [6.07, 6.45) is 0.753. The Hall–Kier alpha value is -1.88. The van der Waals surface area contributed by atoms with Gasteiger partial charge in [-0.05, 0) is 12.1 Å². The predicted molar refractivity (Wildman–Crippen MR) is 88.0 cm³/mol. The minimum atomic E-state index is -0.186. The molecule has 1 heterocycles. The Morgan fingerprint density at radius 3 is 2.57 bits per heavy atom. The Kier molecular flexibility index (Phi) is 4.96. The number of hydrogen-bond acceptors (Lipinski definition) is 3. The first-order chi connectivity index (χ1) is 9.95. The number of thiazole rings is 1. The number of hydrogen-bond donors (Lipinski definition) is 2. The van der Waals surface area contributed by atoms with Crippen LogP contribution in [-0.4, -0.2) is 17.6 Å². The van der Waals surface area contributed by atoms with Crippen molar-refractivity contribution in [2.75, 3.05) is 11.9 Å². The summed E-state index contributed by atoms with van der Waals surface area (Å²) >= 11 is 1.65. The molecule has 2 N–H and O–H groups in total. The molecule has 5 heteroatoms. The number of nitrogens with one attached hydrogen (secondary N) is 2. The smallest absolute Gasteiger partial charge is 0.319 e. The highest BCUT2D eigenvalue weighted by molar-refractivity contribution is 7.09. The Labute approximate surface area is 129 Å². The van der Waals surface area contributed by atoms with Crippen LogP contribution >= 0.6 is 11.3 Å². The van der Waals surface area contributed by atoms with Gasteiger partial charge in [0.15, 0.2) is 0 Å². The number of benzene rings is 1. The van der Waals surface area contributed by atoms with E-state index in [1.54, 1.807) is 11.3 Å². The van der Waals surface area contributed by atoms with E-state index in [1.165, 1.54) is 0 Å². The number of rotatable bonds is 4. The van der Waals surface area contributed by atoms with E-state index in [9.17, 15) is 4.79 Å². The van der Waals surface area contributed by atoms with Gasteiger partial charge in [-0.1, -0.05) is 39.0 Å². The van der Waals surface area contributed by atoms with Gasteiger partial charge in [-0.2, -0.15) is 0 Å². The number of amides is 2. The van der Waals surface area contributed by atoms with Gasteiger partial charge in [-0.25, -0.2) is 9.78 Å². The first-order valence-electron chi connectivity index (χ1n) is 7.00. The zero-order chi connectivity index (χ0) is 15.3. The van der Waals surface area contributed by atoms with Crippen molar-refractivity contribution in [3.05, 3.63) is 46.4 Å². The molecule has 0 aliphatic rings. The normalized spacial score (nSPS) is 11.2. The van der Waals surface area contributed by atoms with Crippen LogP contribution in [0, 0.1) is 0 Å². The van der Waals surface area contributed by atoms with Gasteiger partial charge in [-0.15, -0.1) is 11.3 Å². The summed E-state index contributed by atoms with van der Waals surface area (Å²) in [6, 6.07) is 9.22. The lowest BCUT2D eigenvalue weighted by Crippen LogP contribution is -2.30. The second-order valence-corrected chi connectivity index (χ2v) is 6.82. The van der Waals surface area contributed by atoms with Gasteiger partial charge in [0.05, 0.1) is 10.7 Å². The lowest BCUT2D eigenvalue weighted by atomic mass is 9.93. The highest BCUT2D eigenvalue weighted by atomic mass is 32.1. The van der Waals surface area contributed by atoms with Gasteiger partial charge >= 0.3 is 6.03 Å². The van der Waals surface area contributed by atoms with Crippen LogP contribution in [0.1, 0.15) is 31.5 Å². The third-order valence-electron chi connectivity index (χ3n) is 2.98. The Bertz CT molecular complexity index is 587. The Morgan fingerprint density at radius 1 is 1.24 bits per heavy atom. The highest BCUT2D eigenvalue weighted by Gasteiger charge is 2.17. The molecule has 0 aliphatic heterocycles. The first-order valence-corrected chi connectivity index (χ1v) is 7.88. The van der Waals surface area contributed by atoms with Gasteiger partial charge in [0.1, 0.15) is 0 Å². The molecule has 0 bridgehead atoms. The van der Waals surface area contributed by atoms with Crippen LogP contribution in [-0.2, 0) is 11.8 Å². The number of para-hydroxylation sites is 1. The zero-order valence-corrected chi connectivity index (χ0v) is 13.5. The van der Waals surface area contributed by atoms with E-state index in [0.717, 1.165) is 22.8 Å². The van der Waals surface area contributed by atoms with Crippen LogP contribution in [0.2, 0.25) is 0 Å². The van der Waals surface area contributed by atoms with Crippen molar-refractivity contribution in [2.45, 2.75) is 32.6 Å². The number of carbonyl (C=O) groups excluding carboxylic acids is 1. The monoisotopic (exact) mass is 303 g/mol. The fraction of sp³-hybridized carbons (Fsp3) is 0.375. The molecule has 1 aromatic heterocycles. The first kappa shape index (κ1) is 15.5. The van der Waals surface area contributed by atoms with E-state index < -0.39 is 0 Å². The molecular formula is C16H21N3OS. The van der Waals surface area contributed by atoms with Crippen LogP contribution in [0.15, 0.2) is 35.7 Å². The minimum absolute atomic E-state index is 0.0763. The van der Waals surface area contributed by atoms with Crippen molar-refractivity contribution in [2.24, 2.45) is 0 Å². The lowest BCUT2D eigenvalue weighted by molar-refractivity contribution is 0.252. The van der Waals surface area contributed by atoms with Gasteiger partial charge in [-0.3, -0.25) is 0 Å². The summed E-state index contributed by atoms with van der Waals surface area (Å²) in [4.78, 5) is 16.3. The van der Waals surface area contributed by atoms with E-state index in [-0.39, 0.29) is 11.4 Å². The topological polar surface area (TPSA) is 54.0 Å². The van der Waals surface area contributed by atoms with Crippen molar-refractivity contribution < 1.29 is 4.79 Å². The number of aromatic nitrogens is 1. The number of anilines is 1. The van der Waals surface area contributed by atoms with Gasteiger partial charge in [0, 0.05) is 29.4 Å². The predicted octanol–water partition coefficient (Wildman–Crippen LogP) is 3.80. The molecule has 2 aromatic rings. The van der Waals surface area contributed by atoms with Crippen LogP contribution in [0.3, 0.4) is 0 Å². The second kappa shape index (κ2) is 6.72. The maximum absolute atomic E-state index is 11.7. The van der Waals surface area contributed by atoms with Crippen molar-refractivity contribution >= 4 is 23.1 Å². The molecule has 0 unspecified atom stereocenters. The van der Waals surface area contributed by atoms with Crippen molar-refractivity contribution in [3.63, 3.8) is 0 Å². The summed E-state index contributed by atoms with van der Waals surface area (Å²) < 4.78 is 0. The summed E-state index contributed by atoms with van der Waals surface area (Å²) in [7, 11) is 0. The standard InChI is InChI=1S/C16H21N3OS/c1-16(2,3)13-11-21-14(19-13)9-10-17-15(20)18-12-7-5-4-6-8-12/h4-8,11H,9-10H2,1-3H3,(H2,17,18,20). The number of urea groups is 1. The maximum Gasteiger partial charge on any atom is 0.319 e. The quantitative estimate of drug-likeness (QED) is 0.902. The van der Waals surface area contributed by atoms with E-state index >= 15 is 0 Å². The maximum atomic E-state index is 11.7. The second-order valence-electron chi connectivity index (χ2n) is 5.87. The molecule has 1 aromatic carbocycles. The molecule has 112 valence electrons. The zero-order valence-electron chi connectivity index (χ0n) is 12.6. The summed E-state index contributed by atoms with van der Waals surface area (Å²) in [5.74, 6) is 0. The molecular weight excluding hydrogens is 282 g/mol. The molecule has 0 saturated carbocycles. The van der Waals surface area contributed by atoms with Crippen LogP contribution in [0.5, 0.6) is 0 Å². The summed E-state index contributed by atoms with van der Waals surface area (Å²) in [6.45, 7) is 7.03. The molecule has 0 aliphatic carbocycles. The highest BCUT2D eigenvalue weighted by Crippen LogP contribution is 2.23. The molecule has 0 fully saturated rings. The van der Waals surface area contributed by atoms with Crippen LogP contribution < -0.4 is 10.6 Å². The molecule has 0 saturated heterocycles. The molecule has 4 nitrogen and oxygen atoms in total. The third kappa shape index (κ3) is 4.86. The van der Waals surface area contributed by atoms with Crippen molar-refractivity contribution in [1.82, 2.24) is 10.3 Å².